The number of carbonyl (C=O) groups excluding carboxylic acids is 2. The Balaban J connectivity index is 0.000000216. The van der Waals surface area contributed by atoms with Crippen LogP contribution in [0.2, 0.25) is 0 Å². The summed E-state index contributed by atoms with van der Waals surface area (Å²) in [7, 11) is 6.23. The first kappa shape index (κ1) is 20.9. The van der Waals surface area contributed by atoms with Crippen LogP contribution < -0.4 is 18.9 Å². The summed E-state index contributed by atoms with van der Waals surface area (Å²) in [6, 6.07) is 17.5. The molecule has 3 aromatic carbocycles. The molecule has 0 aromatic heterocycles. The van der Waals surface area contributed by atoms with Gasteiger partial charge in [-0.15, -0.1) is 0 Å². The van der Waals surface area contributed by atoms with Crippen molar-refractivity contribution in [2.24, 2.45) is 0 Å². The second-order valence-corrected chi connectivity index (χ2v) is 6.30. The van der Waals surface area contributed by atoms with Crippen molar-refractivity contribution in [3.05, 3.63) is 82.9 Å². The lowest BCUT2D eigenvalue weighted by Crippen LogP contribution is -2.22. The molecule has 3 aromatic rings. The van der Waals surface area contributed by atoms with E-state index in [1.165, 1.54) is 14.2 Å². The van der Waals surface area contributed by atoms with Crippen LogP contribution in [0.3, 0.4) is 0 Å². The van der Waals surface area contributed by atoms with Gasteiger partial charge in [-0.05, 0) is 36.4 Å². The van der Waals surface area contributed by atoms with Gasteiger partial charge in [-0.1, -0.05) is 24.3 Å². The molecule has 0 bridgehead atoms. The smallest absolute Gasteiger partial charge is 0.198 e. The van der Waals surface area contributed by atoms with Crippen LogP contribution in [0.1, 0.15) is 31.8 Å². The fraction of sp³-hybridized carbons (Fsp3) is 0.167. The lowest BCUT2D eigenvalue weighted by molar-refractivity contribution is 0.0974. The molecule has 0 fully saturated rings. The Bertz CT molecular complexity index is 985. The molecule has 154 valence electrons. The Morgan fingerprint density at radius 3 is 1.17 bits per heavy atom. The van der Waals surface area contributed by atoms with E-state index in [0.29, 0.717) is 22.6 Å². The highest BCUT2D eigenvalue weighted by molar-refractivity contribution is 6.30. The molecule has 6 nitrogen and oxygen atoms in total. The zero-order valence-electron chi connectivity index (χ0n) is 17.2. The molecule has 0 amide bonds. The molecule has 0 radical (unpaired) electrons. The highest BCUT2D eigenvalue weighted by Crippen LogP contribution is 2.38. The summed E-state index contributed by atoms with van der Waals surface area (Å²) in [5, 5.41) is 0. The Labute approximate surface area is 175 Å². The minimum Gasteiger partial charge on any atom is -0.497 e. The van der Waals surface area contributed by atoms with Crippen molar-refractivity contribution in [2.75, 3.05) is 28.4 Å². The Hall–Kier alpha value is -3.80. The molecule has 0 unspecified atom stereocenters. The van der Waals surface area contributed by atoms with Gasteiger partial charge in [0.25, 0.3) is 0 Å². The van der Waals surface area contributed by atoms with E-state index in [0.717, 1.165) is 11.5 Å². The lowest BCUT2D eigenvalue weighted by atomic mass is 9.83. The van der Waals surface area contributed by atoms with Crippen molar-refractivity contribution in [2.45, 2.75) is 0 Å². The molecule has 30 heavy (non-hydrogen) atoms. The third-order valence-electron chi connectivity index (χ3n) is 4.73. The van der Waals surface area contributed by atoms with Gasteiger partial charge in [0, 0.05) is 11.1 Å². The molecule has 1 aliphatic carbocycles. The van der Waals surface area contributed by atoms with E-state index in [1.807, 2.05) is 24.3 Å². The number of benzene rings is 3. The number of rotatable bonds is 4. The van der Waals surface area contributed by atoms with Gasteiger partial charge in [-0.2, -0.15) is 0 Å². The zero-order chi connectivity index (χ0) is 21.7. The number of hydrogen-bond donors (Lipinski definition) is 0. The van der Waals surface area contributed by atoms with Crippen LogP contribution in [0, 0.1) is 0 Å². The first-order valence-corrected chi connectivity index (χ1v) is 9.17. The van der Waals surface area contributed by atoms with E-state index in [2.05, 4.69) is 0 Å². The minimum atomic E-state index is -0.217. The van der Waals surface area contributed by atoms with Crippen LogP contribution in [0.15, 0.2) is 60.7 Å². The molecule has 0 atom stereocenters. The van der Waals surface area contributed by atoms with Gasteiger partial charge in [0.2, 0.25) is 0 Å². The molecule has 0 heterocycles. The predicted molar refractivity (Wildman–Crippen MR) is 112 cm³/mol. The molecule has 0 aliphatic heterocycles. The molecule has 0 spiro atoms. The summed E-state index contributed by atoms with van der Waals surface area (Å²) in [6.07, 6.45) is 0. The summed E-state index contributed by atoms with van der Waals surface area (Å²) in [6.45, 7) is 0. The first-order valence-electron chi connectivity index (χ1n) is 9.17. The second-order valence-electron chi connectivity index (χ2n) is 6.30. The summed E-state index contributed by atoms with van der Waals surface area (Å²) >= 11 is 0. The van der Waals surface area contributed by atoms with Crippen LogP contribution in [0.25, 0.3) is 0 Å². The third kappa shape index (κ3) is 3.85. The molecule has 4 rings (SSSR count). The highest BCUT2D eigenvalue weighted by atomic mass is 16.5. The summed E-state index contributed by atoms with van der Waals surface area (Å²) in [4.78, 5) is 25.2. The van der Waals surface area contributed by atoms with E-state index in [4.69, 9.17) is 18.9 Å². The monoisotopic (exact) mass is 406 g/mol. The number of hydrogen-bond acceptors (Lipinski definition) is 6. The third-order valence-corrected chi connectivity index (χ3v) is 4.73. The van der Waals surface area contributed by atoms with Crippen molar-refractivity contribution in [1.29, 1.82) is 0 Å². The van der Waals surface area contributed by atoms with Gasteiger partial charge in [-0.3, -0.25) is 9.59 Å². The van der Waals surface area contributed by atoms with E-state index >= 15 is 0 Å². The first-order chi connectivity index (χ1) is 14.5. The molecule has 6 heteroatoms. The van der Waals surface area contributed by atoms with Crippen molar-refractivity contribution in [3.63, 3.8) is 0 Å². The summed E-state index contributed by atoms with van der Waals surface area (Å²) in [5.41, 5.74) is 1.35. The van der Waals surface area contributed by atoms with Gasteiger partial charge < -0.3 is 18.9 Å². The topological polar surface area (TPSA) is 71.1 Å². The largest absolute Gasteiger partial charge is 0.497 e. The fourth-order valence-corrected chi connectivity index (χ4v) is 3.22. The standard InChI is InChI=1S/C16H12O4.C8H10O2/c1-19-11-7-8-12(20-2)14-13(11)15(17)9-5-3-4-6-10(9)16(14)18;1-9-7-3-5-8(10-2)6-4-7/h3-8H,1-2H3;3-6H,1-2H3. The van der Waals surface area contributed by atoms with Crippen LogP contribution in [-0.2, 0) is 0 Å². The Morgan fingerprint density at radius 2 is 0.867 bits per heavy atom. The normalized spacial score (nSPS) is 11.5. The molecular formula is C24H22O6. The summed E-state index contributed by atoms with van der Waals surface area (Å²) in [5.74, 6) is 2.03. The van der Waals surface area contributed by atoms with Gasteiger partial charge in [0.1, 0.15) is 23.0 Å². The minimum absolute atomic E-state index is 0.217. The van der Waals surface area contributed by atoms with E-state index in [-0.39, 0.29) is 22.7 Å². The lowest BCUT2D eigenvalue weighted by Gasteiger charge is -2.21. The SMILES string of the molecule is COc1ccc(OC)c2c1C(=O)c1ccccc1C2=O.COc1ccc(OC)cc1. The number of ketones is 2. The van der Waals surface area contributed by atoms with Gasteiger partial charge in [0.05, 0.1) is 39.6 Å². The van der Waals surface area contributed by atoms with Crippen molar-refractivity contribution >= 4 is 11.6 Å². The van der Waals surface area contributed by atoms with Crippen LogP contribution in [-0.4, -0.2) is 40.0 Å². The number of carbonyl (C=O) groups is 2. The van der Waals surface area contributed by atoms with Crippen LogP contribution >= 0.6 is 0 Å². The number of ether oxygens (including phenoxy) is 4. The maximum atomic E-state index is 12.6. The van der Waals surface area contributed by atoms with Crippen LogP contribution in [0.5, 0.6) is 23.0 Å². The summed E-state index contributed by atoms with van der Waals surface area (Å²) < 4.78 is 20.4. The molecular weight excluding hydrogens is 384 g/mol. The van der Waals surface area contributed by atoms with Crippen molar-refractivity contribution in [3.8, 4) is 23.0 Å². The number of fused-ring (bicyclic) bond motifs is 2. The van der Waals surface area contributed by atoms with E-state index < -0.39 is 0 Å². The average molecular weight is 406 g/mol. The van der Waals surface area contributed by atoms with Gasteiger partial charge in [-0.25, -0.2) is 0 Å². The van der Waals surface area contributed by atoms with Gasteiger partial charge >= 0.3 is 0 Å². The Kier molecular flexibility index (Phi) is 6.37. The zero-order valence-corrected chi connectivity index (χ0v) is 17.2. The molecule has 0 saturated carbocycles. The van der Waals surface area contributed by atoms with Crippen molar-refractivity contribution in [1.82, 2.24) is 0 Å². The maximum absolute atomic E-state index is 12.6. The average Bonchev–Trinajstić information content (AvgIpc) is 2.82. The predicted octanol–water partition coefficient (Wildman–Crippen LogP) is 4.18. The van der Waals surface area contributed by atoms with E-state index in [1.54, 1.807) is 50.6 Å². The maximum Gasteiger partial charge on any atom is 0.198 e. The second kappa shape index (κ2) is 9.13. The van der Waals surface area contributed by atoms with E-state index in [9.17, 15) is 9.59 Å². The highest BCUT2D eigenvalue weighted by Gasteiger charge is 2.34. The molecule has 0 N–H and O–H groups in total. The fourth-order valence-electron chi connectivity index (χ4n) is 3.22. The van der Waals surface area contributed by atoms with Crippen LogP contribution in [0.4, 0.5) is 0 Å². The molecule has 1 aliphatic rings. The molecule has 0 saturated heterocycles. The quantitative estimate of drug-likeness (QED) is 0.506. The van der Waals surface area contributed by atoms with Crippen molar-refractivity contribution < 1.29 is 28.5 Å². The van der Waals surface area contributed by atoms with Gasteiger partial charge in [0.15, 0.2) is 11.6 Å². The Morgan fingerprint density at radius 1 is 0.500 bits per heavy atom. The number of methoxy groups -OCH3 is 4.